The van der Waals surface area contributed by atoms with Crippen molar-refractivity contribution in [1.82, 2.24) is 4.98 Å². The fraction of sp³-hybridized carbons (Fsp3) is 0.214. The highest BCUT2D eigenvalue weighted by atomic mass is 35.5. The number of nitrogens with zero attached hydrogens (tertiary/aromatic N) is 1. The molecular formula is C14H14ClNO. The number of aliphatic hydroxyl groups is 1. The van der Waals surface area contributed by atoms with Crippen molar-refractivity contribution < 1.29 is 5.11 Å². The van der Waals surface area contributed by atoms with Gasteiger partial charge >= 0.3 is 0 Å². The van der Waals surface area contributed by atoms with Crippen LogP contribution in [-0.4, -0.2) is 10.1 Å². The molecule has 88 valence electrons. The van der Waals surface area contributed by atoms with Crippen LogP contribution >= 0.6 is 11.6 Å². The average molecular weight is 248 g/mol. The van der Waals surface area contributed by atoms with Crippen LogP contribution in [-0.2, 0) is 6.42 Å². The van der Waals surface area contributed by atoms with Crippen LogP contribution in [0, 0.1) is 6.92 Å². The third kappa shape index (κ3) is 3.05. The molecule has 0 fully saturated rings. The lowest BCUT2D eigenvalue weighted by Crippen LogP contribution is -2.04. The molecule has 1 N–H and O–H groups in total. The molecule has 2 aromatic rings. The highest BCUT2D eigenvalue weighted by Gasteiger charge is 2.11. The van der Waals surface area contributed by atoms with E-state index in [9.17, 15) is 5.11 Å². The van der Waals surface area contributed by atoms with Gasteiger partial charge in [-0.15, -0.1) is 0 Å². The molecule has 0 aliphatic heterocycles. The van der Waals surface area contributed by atoms with Crippen LogP contribution in [0.5, 0.6) is 0 Å². The van der Waals surface area contributed by atoms with Crippen molar-refractivity contribution in [2.45, 2.75) is 19.4 Å². The zero-order valence-corrected chi connectivity index (χ0v) is 10.4. The first-order valence-corrected chi connectivity index (χ1v) is 5.88. The molecule has 17 heavy (non-hydrogen) atoms. The monoisotopic (exact) mass is 247 g/mol. The summed E-state index contributed by atoms with van der Waals surface area (Å²) < 4.78 is 0. The molecule has 0 aliphatic rings. The normalized spacial score (nSPS) is 12.4. The van der Waals surface area contributed by atoms with Gasteiger partial charge in [-0.2, -0.15) is 0 Å². The first-order chi connectivity index (χ1) is 8.16. The Bertz CT molecular complexity index is 499. The standard InChI is InChI=1S/C14H14ClNO/c1-10-8-11(15)5-6-13(10)14(17)9-12-4-2-3-7-16-12/h2-8,14,17H,9H2,1H3. The van der Waals surface area contributed by atoms with Crippen LogP contribution in [0.2, 0.25) is 5.02 Å². The van der Waals surface area contributed by atoms with E-state index in [0.717, 1.165) is 16.8 Å². The fourth-order valence-corrected chi connectivity index (χ4v) is 2.07. The molecule has 0 radical (unpaired) electrons. The minimum absolute atomic E-state index is 0.517. The summed E-state index contributed by atoms with van der Waals surface area (Å²) >= 11 is 5.89. The second-order valence-electron chi connectivity index (χ2n) is 4.04. The molecule has 0 spiro atoms. The summed E-state index contributed by atoms with van der Waals surface area (Å²) in [5.74, 6) is 0. The molecule has 2 nitrogen and oxygen atoms in total. The van der Waals surface area contributed by atoms with Gasteiger partial charge in [0.1, 0.15) is 0 Å². The number of rotatable bonds is 3. The van der Waals surface area contributed by atoms with Gasteiger partial charge in [-0.25, -0.2) is 0 Å². The van der Waals surface area contributed by atoms with Crippen molar-refractivity contribution in [3.05, 3.63) is 64.4 Å². The molecule has 0 saturated heterocycles. The van der Waals surface area contributed by atoms with E-state index >= 15 is 0 Å². The maximum Gasteiger partial charge on any atom is 0.0848 e. The first kappa shape index (κ1) is 12.1. The summed E-state index contributed by atoms with van der Waals surface area (Å²) in [6.45, 7) is 1.95. The number of aromatic nitrogens is 1. The molecule has 3 heteroatoms. The highest BCUT2D eigenvalue weighted by Crippen LogP contribution is 2.23. The molecule has 0 amide bonds. The number of aliphatic hydroxyl groups excluding tert-OH is 1. The number of pyridine rings is 1. The number of halogens is 1. The predicted octanol–water partition coefficient (Wildman–Crippen LogP) is 3.32. The highest BCUT2D eigenvalue weighted by molar-refractivity contribution is 6.30. The van der Waals surface area contributed by atoms with Gasteiger partial charge in [0.25, 0.3) is 0 Å². The number of hydrogen-bond acceptors (Lipinski definition) is 2. The van der Waals surface area contributed by atoms with E-state index in [0.29, 0.717) is 11.4 Å². The third-order valence-electron chi connectivity index (χ3n) is 2.72. The Morgan fingerprint density at radius 3 is 2.76 bits per heavy atom. The summed E-state index contributed by atoms with van der Waals surface area (Å²) in [7, 11) is 0. The molecule has 1 heterocycles. The first-order valence-electron chi connectivity index (χ1n) is 5.51. The Morgan fingerprint density at radius 1 is 1.29 bits per heavy atom. The zero-order chi connectivity index (χ0) is 12.3. The Morgan fingerprint density at radius 2 is 2.12 bits per heavy atom. The smallest absolute Gasteiger partial charge is 0.0848 e. The summed E-state index contributed by atoms with van der Waals surface area (Å²) in [5, 5.41) is 10.9. The quantitative estimate of drug-likeness (QED) is 0.903. The van der Waals surface area contributed by atoms with Crippen molar-refractivity contribution in [2.24, 2.45) is 0 Å². The maximum atomic E-state index is 10.2. The van der Waals surface area contributed by atoms with Crippen LogP contribution in [0.4, 0.5) is 0 Å². The van der Waals surface area contributed by atoms with E-state index in [1.807, 2.05) is 37.3 Å². The van der Waals surface area contributed by atoms with Crippen LogP contribution in [0.1, 0.15) is 22.9 Å². The van der Waals surface area contributed by atoms with Gasteiger partial charge in [0.2, 0.25) is 0 Å². The van der Waals surface area contributed by atoms with Crippen molar-refractivity contribution in [3.8, 4) is 0 Å². The molecule has 0 bridgehead atoms. The minimum Gasteiger partial charge on any atom is -0.388 e. The summed E-state index contributed by atoms with van der Waals surface area (Å²) in [5.41, 5.74) is 2.79. The van der Waals surface area contributed by atoms with Crippen molar-refractivity contribution >= 4 is 11.6 Å². The van der Waals surface area contributed by atoms with E-state index in [1.165, 1.54) is 0 Å². The van der Waals surface area contributed by atoms with Crippen molar-refractivity contribution in [2.75, 3.05) is 0 Å². The molecule has 2 rings (SSSR count). The molecule has 1 aromatic carbocycles. The van der Waals surface area contributed by atoms with Gasteiger partial charge in [0.05, 0.1) is 6.10 Å². The lowest BCUT2D eigenvalue weighted by atomic mass is 10.00. The lowest BCUT2D eigenvalue weighted by molar-refractivity contribution is 0.176. The van der Waals surface area contributed by atoms with Gasteiger partial charge in [0, 0.05) is 23.3 Å². The van der Waals surface area contributed by atoms with Gasteiger partial charge < -0.3 is 5.11 Å². The summed E-state index contributed by atoms with van der Waals surface area (Å²) in [6.07, 6.45) is 1.71. The zero-order valence-electron chi connectivity index (χ0n) is 9.60. The molecule has 0 saturated carbocycles. The van der Waals surface area contributed by atoms with Crippen molar-refractivity contribution in [1.29, 1.82) is 0 Å². The van der Waals surface area contributed by atoms with Gasteiger partial charge in [-0.05, 0) is 42.3 Å². The lowest BCUT2D eigenvalue weighted by Gasteiger charge is -2.13. The summed E-state index contributed by atoms with van der Waals surface area (Å²) in [4.78, 5) is 4.21. The van der Waals surface area contributed by atoms with Crippen LogP contribution in [0.3, 0.4) is 0 Å². The van der Waals surface area contributed by atoms with E-state index < -0.39 is 6.10 Å². The van der Waals surface area contributed by atoms with Crippen molar-refractivity contribution in [3.63, 3.8) is 0 Å². The predicted molar refractivity (Wildman–Crippen MR) is 69.1 cm³/mol. The van der Waals surface area contributed by atoms with Crippen LogP contribution in [0.15, 0.2) is 42.6 Å². The Kier molecular flexibility index (Phi) is 3.77. The average Bonchev–Trinajstić information content (AvgIpc) is 2.30. The summed E-state index contributed by atoms with van der Waals surface area (Å²) in [6, 6.07) is 11.2. The van der Waals surface area contributed by atoms with E-state index in [2.05, 4.69) is 4.98 Å². The minimum atomic E-state index is -0.540. The van der Waals surface area contributed by atoms with E-state index in [4.69, 9.17) is 11.6 Å². The maximum absolute atomic E-state index is 10.2. The number of benzene rings is 1. The largest absolute Gasteiger partial charge is 0.388 e. The fourth-order valence-electron chi connectivity index (χ4n) is 1.84. The van der Waals surface area contributed by atoms with Gasteiger partial charge in [-0.3, -0.25) is 4.98 Å². The molecule has 1 aromatic heterocycles. The van der Waals surface area contributed by atoms with Crippen LogP contribution < -0.4 is 0 Å². The molecular weight excluding hydrogens is 234 g/mol. The number of hydrogen-bond donors (Lipinski definition) is 1. The van der Waals surface area contributed by atoms with Gasteiger partial charge in [0.15, 0.2) is 0 Å². The topological polar surface area (TPSA) is 33.1 Å². The molecule has 0 aliphatic carbocycles. The SMILES string of the molecule is Cc1cc(Cl)ccc1C(O)Cc1ccccn1. The Hall–Kier alpha value is -1.38. The second-order valence-corrected chi connectivity index (χ2v) is 4.48. The number of aryl methyl sites for hydroxylation is 1. The Balaban J connectivity index is 2.17. The Labute approximate surface area is 106 Å². The van der Waals surface area contributed by atoms with Gasteiger partial charge in [-0.1, -0.05) is 23.7 Å². The van der Waals surface area contributed by atoms with E-state index in [-0.39, 0.29) is 0 Å². The van der Waals surface area contributed by atoms with Crippen LogP contribution in [0.25, 0.3) is 0 Å². The molecule has 1 unspecified atom stereocenters. The molecule has 1 atom stereocenters. The third-order valence-corrected chi connectivity index (χ3v) is 2.95. The second kappa shape index (κ2) is 5.30. The van der Waals surface area contributed by atoms with E-state index in [1.54, 1.807) is 12.3 Å².